The van der Waals surface area contributed by atoms with E-state index in [0.29, 0.717) is 0 Å². The van der Waals surface area contributed by atoms with E-state index in [0.717, 1.165) is 11.4 Å². The molecule has 0 atom stereocenters. The van der Waals surface area contributed by atoms with Crippen LogP contribution >= 0.6 is 11.3 Å². The van der Waals surface area contributed by atoms with Gasteiger partial charge in [0.25, 0.3) is 0 Å². The lowest BCUT2D eigenvalue weighted by atomic mass is 9.97. The Hall–Kier alpha value is -4.86. The zero-order valence-electron chi connectivity index (χ0n) is 21.0. The number of para-hydroxylation sites is 2. The van der Waals surface area contributed by atoms with Gasteiger partial charge in [0, 0.05) is 48.5 Å². The minimum Gasteiger partial charge on any atom is -0.353 e. The molecule has 0 amide bonds. The summed E-state index contributed by atoms with van der Waals surface area (Å²) in [6.07, 6.45) is 0. The van der Waals surface area contributed by atoms with E-state index in [2.05, 4.69) is 137 Å². The third-order valence-corrected chi connectivity index (χ3v) is 9.27. The summed E-state index contributed by atoms with van der Waals surface area (Å²) in [7, 11) is 0. The number of H-pyrrole nitrogens is 1. The van der Waals surface area contributed by atoms with E-state index in [-0.39, 0.29) is 0 Å². The van der Waals surface area contributed by atoms with Gasteiger partial charge in [-0.15, -0.1) is 11.3 Å². The van der Waals surface area contributed by atoms with Crippen molar-refractivity contribution >= 4 is 91.9 Å². The van der Waals surface area contributed by atoms with E-state index in [1.54, 1.807) is 0 Å². The number of thiophene rings is 1. The molecule has 182 valence electrons. The monoisotopic (exact) mass is 514 g/mol. The Morgan fingerprint density at radius 1 is 0.513 bits per heavy atom. The van der Waals surface area contributed by atoms with Gasteiger partial charge in [0.2, 0.25) is 0 Å². The summed E-state index contributed by atoms with van der Waals surface area (Å²) in [5, 5.41) is 10.5. The molecule has 2 nitrogen and oxygen atoms in total. The first-order chi connectivity index (χ1) is 19.3. The number of nitrogens with one attached hydrogen (secondary N) is 1. The first-order valence-electron chi connectivity index (χ1n) is 13.3. The Labute approximate surface area is 228 Å². The zero-order valence-corrected chi connectivity index (χ0v) is 21.8. The highest BCUT2D eigenvalue weighted by molar-refractivity contribution is 7.27. The number of fused-ring (bicyclic) bond motifs is 6. The first kappa shape index (κ1) is 21.1. The van der Waals surface area contributed by atoms with Crippen LogP contribution in [-0.4, -0.2) is 4.98 Å². The summed E-state index contributed by atoms with van der Waals surface area (Å²) >= 11 is 1.90. The topological polar surface area (TPSA) is 19.0 Å². The lowest BCUT2D eigenvalue weighted by molar-refractivity contribution is 1.30. The largest absolute Gasteiger partial charge is 0.353 e. The molecule has 0 radical (unpaired) electrons. The number of benzene rings is 7. The average Bonchev–Trinajstić information content (AvgIpc) is 3.57. The van der Waals surface area contributed by atoms with Gasteiger partial charge in [-0.25, -0.2) is 0 Å². The zero-order chi connectivity index (χ0) is 25.5. The van der Waals surface area contributed by atoms with Crippen molar-refractivity contribution in [3.63, 3.8) is 0 Å². The number of hydrogen-bond acceptors (Lipinski definition) is 2. The summed E-state index contributed by atoms with van der Waals surface area (Å²) in [6, 6.07) is 46.2. The third-order valence-electron chi connectivity index (χ3n) is 8.10. The molecular weight excluding hydrogens is 492 g/mol. The summed E-state index contributed by atoms with van der Waals surface area (Å²) < 4.78 is 2.63. The summed E-state index contributed by atoms with van der Waals surface area (Å²) in [5.41, 5.74) is 5.96. The van der Waals surface area contributed by atoms with Crippen LogP contribution in [0, 0.1) is 0 Å². The molecule has 9 aromatic rings. The SMILES string of the molecule is c1ccc(N(c2ccccc2)c2cc3sc4c(cc5ccc6cccc7[nH]c4c5c67)c3c3ccccc23)cc1. The number of hydrogen-bond donors (Lipinski definition) is 1. The van der Waals surface area contributed by atoms with Gasteiger partial charge in [-0.2, -0.15) is 0 Å². The molecule has 9 rings (SSSR count). The molecule has 2 aromatic heterocycles. The van der Waals surface area contributed by atoms with Gasteiger partial charge in [-0.1, -0.05) is 84.9 Å². The fourth-order valence-electron chi connectivity index (χ4n) is 6.47. The minimum absolute atomic E-state index is 1.15. The molecule has 0 spiro atoms. The van der Waals surface area contributed by atoms with E-state index < -0.39 is 0 Å². The highest BCUT2D eigenvalue weighted by Crippen LogP contribution is 2.49. The molecule has 0 aliphatic heterocycles. The van der Waals surface area contributed by atoms with Crippen LogP contribution in [0.4, 0.5) is 17.1 Å². The van der Waals surface area contributed by atoms with Gasteiger partial charge in [0.15, 0.2) is 0 Å². The van der Waals surface area contributed by atoms with E-state index in [1.165, 1.54) is 69.2 Å². The van der Waals surface area contributed by atoms with Crippen LogP contribution < -0.4 is 4.90 Å². The molecule has 0 unspecified atom stereocenters. The summed E-state index contributed by atoms with van der Waals surface area (Å²) in [6.45, 7) is 0. The maximum Gasteiger partial charge on any atom is 0.0652 e. The molecule has 3 heteroatoms. The van der Waals surface area contributed by atoms with Crippen LogP contribution in [0.5, 0.6) is 0 Å². The molecule has 0 aliphatic carbocycles. The maximum absolute atomic E-state index is 3.80. The van der Waals surface area contributed by atoms with Crippen molar-refractivity contribution in [3.8, 4) is 0 Å². The third kappa shape index (κ3) is 2.91. The van der Waals surface area contributed by atoms with E-state index in [9.17, 15) is 0 Å². The molecule has 39 heavy (non-hydrogen) atoms. The molecule has 1 N–H and O–H groups in total. The fourth-order valence-corrected chi connectivity index (χ4v) is 7.71. The number of nitrogens with zero attached hydrogens (tertiary/aromatic N) is 1. The van der Waals surface area contributed by atoms with E-state index in [1.807, 2.05) is 11.3 Å². The Bertz CT molecular complexity index is 2290. The number of anilines is 3. The van der Waals surface area contributed by atoms with Gasteiger partial charge in [0.1, 0.15) is 0 Å². The Kier molecular flexibility index (Phi) is 4.24. The Morgan fingerprint density at radius 3 is 1.97 bits per heavy atom. The van der Waals surface area contributed by atoms with Crippen LogP contribution in [0.3, 0.4) is 0 Å². The first-order valence-corrected chi connectivity index (χ1v) is 14.1. The minimum atomic E-state index is 1.15. The molecule has 0 fully saturated rings. The van der Waals surface area contributed by atoms with Crippen LogP contribution in [-0.2, 0) is 0 Å². The van der Waals surface area contributed by atoms with Crippen molar-refractivity contribution in [2.45, 2.75) is 0 Å². The number of aromatic nitrogens is 1. The lowest BCUT2D eigenvalue weighted by Crippen LogP contribution is -2.10. The second-order valence-electron chi connectivity index (χ2n) is 10.2. The molecule has 0 saturated carbocycles. The van der Waals surface area contributed by atoms with E-state index in [4.69, 9.17) is 0 Å². The Morgan fingerprint density at radius 2 is 1.21 bits per heavy atom. The fraction of sp³-hybridized carbons (Fsp3) is 0. The van der Waals surface area contributed by atoms with Crippen LogP contribution in [0.2, 0.25) is 0 Å². The second-order valence-corrected chi connectivity index (χ2v) is 11.3. The quantitative estimate of drug-likeness (QED) is 0.232. The van der Waals surface area contributed by atoms with Crippen molar-refractivity contribution in [1.29, 1.82) is 0 Å². The molecule has 2 heterocycles. The lowest BCUT2D eigenvalue weighted by Gasteiger charge is -2.27. The molecular formula is C36H22N2S. The number of aromatic amines is 1. The maximum atomic E-state index is 3.80. The highest BCUT2D eigenvalue weighted by atomic mass is 32.1. The molecule has 0 aliphatic rings. The Balaban J connectivity index is 1.44. The van der Waals surface area contributed by atoms with Crippen LogP contribution in [0.25, 0.3) is 63.5 Å². The second kappa shape index (κ2) is 7.83. The predicted molar refractivity (Wildman–Crippen MR) is 170 cm³/mol. The van der Waals surface area contributed by atoms with Crippen molar-refractivity contribution in [2.75, 3.05) is 4.90 Å². The molecule has 0 saturated heterocycles. The van der Waals surface area contributed by atoms with Gasteiger partial charge >= 0.3 is 0 Å². The van der Waals surface area contributed by atoms with Crippen molar-refractivity contribution in [3.05, 3.63) is 127 Å². The van der Waals surface area contributed by atoms with Crippen molar-refractivity contribution < 1.29 is 0 Å². The normalized spacial score (nSPS) is 12.1. The van der Waals surface area contributed by atoms with Crippen molar-refractivity contribution in [1.82, 2.24) is 4.98 Å². The van der Waals surface area contributed by atoms with E-state index >= 15 is 0 Å². The molecule has 0 bridgehead atoms. The standard InChI is InChI=1S/C36H22N2S/c1-3-11-24(12-4-1)38(25-13-5-2-6-14-25)30-21-31-34(27-16-8-7-15-26(27)30)28-20-23-19-18-22-10-9-17-29-32(22)33(23)35(37-29)36(28)39-31/h1-21,37H. The van der Waals surface area contributed by atoms with Gasteiger partial charge in [-0.3, -0.25) is 0 Å². The predicted octanol–water partition coefficient (Wildman–Crippen LogP) is 10.9. The van der Waals surface area contributed by atoms with Gasteiger partial charge < -0.3 is 9.88 Å². The number of rotatable bonds is 3. The van der Waals surface area contributed by atoms with Crippen LogP contribution in [0.15, 0.2) is 127 Å². The van der Waals surface area contributed by atoms with Gasteiger partial charge in [-0.05, 0) is 58.6 Å². The summed E-state index contributed by atoms with van der Waals surface area (Å²) in [4.78, 5) is 6.19. The summed E-state index contributed by atoms with van der Waals surface area (Å²) in [5.74, 6) is 0. The molecule has 7 aromatic carbocycles. The van der Waals surface area contributed by atoms with Crippen molar-refractivity contribution in [2.24, 2.45) is 0 Å². The van der Waals surface area contributed by atoms with Crippen LogP contribution in [0.1, 0.15) is 0 Å². The smallest absolute Gasteiger partial charge is 0.0652 e. The average molecular weight is 515 g/mol. The van der Waals surface area contributed by atoms with Gasteiger partial charge in [0.05, 0.1) is 15.9 Å². The highest BCUT2D eigenvalue weighted by Gasteiger charge is 2.21.